The van der Waals surface area contributed by atoms with Crippen LogP contribution in [0.1, 0.15) is 25.0 Å². The van der Waals surface area contributed by atoms with E-state index < -0.39 is 11.9 Å². The highest BCUT2D eigenvalue weighted by Gasteiger charge is 2.21. The number of aryl methyl sites for hydroxylation is 2. The lowest BCUT2D eigenvalue weighted by atomic mass is 10.1. The minimum atomic E-state index is -1.82. The number of rotatable bonds is 4. The quantitative estimate of drug-likeness (QED) is 0.707. The number of carboxylic acid groups (broad SMARTS) is 2. The van der Waals surface area contributed by atoms with Crippen LogP contribution < -0.4 is 4.74 Å². The summed E-state index contributed by atoms with van der Waals surface area (Å²) in [5.41, 5.74) is 2.43. The first-order chi connectivity index (χ1) is 12.1. The third-order valence-electron chi connectivity index (χ3n) is 3.71. The molecule has 26 heavy (non-hydrogen) atoms. The summed E-state index contributed by atoms with van der Waals surface area (Å²) < 4.78 is 12.7. The first-order valence-electron chi connectivity index (χ1n) is 8.33. The van der Waals surface area contributed by atoms with Crippen LogP contribution in [0, 0.1) is 13.8 Å². The summed E-state index contributed by atoms with van der Waals surface area (Å²) in [4.78, 5) is 20.6. The van der Waals surface area contributed by atoms with Gasteiger partial charge in [-0.3, -0.25) is 4.90 Å². The molecular weight excluding hydrogens is 406 g/mol. The number of carbonyl (C=O) groups is 2. The lowest BCUT2D eigenvalue weighted by Gasteiger charge is -2.35. The molecule has 2 rings (SSSR count). The number of ether oxygens (including phenoxy) is 2. The van der Waals surface area contributed by atoms with Gasteiger partial charge >= 0.3 is 11.9 Å². The third kappa shape index (κ3) is 7.72. The Labute approximate surface area is 162 Å². The van der Waals surface area contributed by atoms with Gasteiger partial charge in [-0.15, -0.1) is 0 Å². The van der Waals surface area contributed by atoms with E-state index in [1.165, 1.54) is 11.1 Å². The average molecular weight is 432 g/mol. The Balaban J connectivity index is 0.000000487. The fourth-order valence-corrected chi connectivity index (χ4v) is 3.62. The topological polar surface area (TPSA) is 96.3 Å². The molecule has 1 aliphatic rings. The molecule has 7 nitrogen and oxygen atoms in total. The van der Waals surface area contributed by atoms with E-state index in [1.807, 2.05) is 0 Å². The van der Waals surface area contributed by atoms with Crippen molar-refractivity contribution in [2.45, 2.75) is 39.9 Å². The molecule has 0 radical (unpaired) electrons. The van der Waals surface area contributed by atoms with Gasteiger partial charge in [0, 0.05) is 19.6 Å². The zero-order valence-electron chi connectivity index (χ0n) is 15.5. The number of aliphatic carboxylic acids is 2. The molecule has 2 atom stereocenters. The largest absolute Gasteiger partial charge is 0.491 e. The summed E-state index contributed by atoms with van der Waals surface area (Å²) in [5.74, 6) is -2.69. The van der Waals surface area contributed by atoms with E-state index in [4.69, 9.17) is 29.3 Å². The summed E-state index contributed by atoms with van der Waals surface area (Å²) in [6.07, 6.45) is 0.623. The minimum absolute atomic E-state index is 0.312. The zero-order chi connectivity index (χ0) is 19.9. The van der Waals surface area contributed by atoms with E-state index >= 15 is 0 Å². The first kappa shape index (κ1) is 22.4. The van der Waals surface area contributed by atoms with Crippen molar-refractivity contribution < 1.29 is 29.3 Å². The second-order valence-electron chi connectivity index (χ2n) is 6.37. The van der Waals surface area contributed by atoms with Crippen molar-refractivity contribution in [3.63, 3.8) is 0 Å². The maximum Gasteiger partial charge on any atom is 0.414 e. The summed E-state index contributed by atoms with van der Waals surface area (Å²) in [6.45, 7) is 12.1. The zero-order valence-corrected chi connectivity index (χ0v) is 17.1. The van der Waals surface area contributed by atoms with E-state index in [-0.39, 0.29) is 0 Å². The number of hydrogen-bond donors (Lipinski definition) is 2. The standard InChI is InChI=1S/C16H24BrNO2.C2H2O4/c1-11-7-12(2)16(15(17)8-11)19-6-5-18-9-13(3)20-14(4)10-18;3-1(4)2(5)6/h7-8,13-14H,5-6,9-10H2,1-4H3;(H,3,4)(H,5,6). The van der Waals surface area contributed by atoms with Crippen LogP contribution in [-0.4, -0.2) is 65.5 Å². The van der Waals surface area contributed by atoms with Gasteiger partial charge in [-0.2, -0.15) is 0 Å². The molecule has 1 aliphatic heterocycles. The Kier molecular flexibility index (Phi) is 9.04. The fourth-order valence-electron chi connectivity index (χ4n) is 2.83. The Morgan fingerprint density at radius 2 is 1.73 bits per heavy atom. The molecule has 1 fully saturated rings. The lowest BCUT2D eigenvalue weighted by molar-refractivity contribution is -0.159. The van der Waals surface area contributed by atoms with Gasteiger partial charge in [-0.1, -0.05) is 6.07 Å². The first-order valence-corrected chi connectivity index (χ1v) is 9.13. The third-order valence-corrected chi connectivity index (χ3v) is 4.29. The van der Waals surface area contributed by atoms with Crippen LogP contribution in [0.5, 0.6) is 5.75 Å². The van der Waals surface area contributed by atoms with Crippen molar-refractivity contribution >= 4 is 27.9 Å². The highest BCUT2D eigenvalue weighted by atomic mass is 79.9. The molecule has 1 saturated heterocycles. The molecule has 0 saturated carbocycles. The van der Waals surface area contributed by atoms with Crippen LogP contribution in [-0.2, 0) is 14.3 Å². The van der Waals surface area contributed by atoms with Crippen LogP contribution in [0.2, 0.25) is 0 Å². The summed E-state index contributed by atoms with van der Waals surface area (Å²) in [7, 11) is 0. The van der Waals surface area contributed by atoms with Crippen LogP contribution in [0.3, 0.4) is 0 Å². The van der Waals surface area contributed by atoms with Gasteiger partial charge in [0.05, 0.1) is 16.7 Å². The number of carboxylic acids is 2. The van der Waals surface area contributed by atoms with Gasteiger partial charge in [0.1, 0.15) is 12.4 Å². The molecule has 0 spiro atoms. The van der Waals surface area contributed by atoms with Crippen LogP contribution in [0.15, 0.2) is 16.6 Å². The second kappa shape index (κ2) is 10.5. The highest BCUT2D eigenvalue weighted by Crippen LogP contribution is 2.30. The van der Waals surface area contributed by atoms with Crippen LogP contribution in [0.4, 0.5) is 0 Å². The van der Waals surface area contributed by atoms with E-state index in [2.05, 4.69) is 60.7 Å². The number of halogens is 1. The lowest BCUT2D eigenvalue weighted by Crippen LogP contribution is -2.46. The SMILES string of the molecule is Cc1cc(C)c(OCCN2CC(C)OC(C)C2)c(Br)c1.O=C(O)C(=O)O. The number of benzene rings is 1. The van der Waals surface area contributed by atoms with Crippen molar-refractivity contribution in [3.8, 4) is 5.75 Å². The molecule has 0 amide bonds. The maximum atomic E-state index is 9.10. The molecule has 2 N–H and O–H groups in total. The van der Waals surface area contributed by atoms with E-state index in [1.54, 1.807) is 0 Å². The predicted octanol–water partition coefficient (Wildman–Crippen LogP) is 2.71. The summed E-state index contributed by atoms with van der Waals surface area (Å²) >= 11 is 3.58. The van der Waals surface area contributed by atoms with E-state index in [0.29, 0.717) is 18.8 Å². The minimum Gasteiger partial charge on any atom is -0.491 e. The Morgan fingerprint density at radius 1 is 1.19 bits per heavy atom. The Bertz CT molecular complexity index is 591. The molecule has 1 aromatic rings. The molecule has 0 aromatic heterocycles. The van der Waals surface area contributed by atoms with E-state index in [9.17, 15) is 0 Å². The van der Waals surface area contributed by atoms with Gasteiger partial charge in [0.25, 0.3) is 0 Å². The smallest absolute Gasteiger partial charge is 0.414 e. The summed E-state index contributed by atoms with van der Waals surface area (Å²) in [6, 6.07) is 4.25. The van der Waals surface area contributed by atoms with Gasteiger partial charge in [0.2, 0.25) is 0 Å². The van der Waals surface area contributed by atoms with Crippen LogP contribution in [0.25, 0.3) is 0 Å². The van der Waals surface area contributed by atoms with Gasteiger partial charge in [0.15, 0.2) is 0 Å². The highest BCUT2D eigenvalue weighted by molar-refractivity contribution is 9.10. The molecule has 0 aliphatic carbocycles. The fraction of sp³-hybridized carbons (Fsp3) is 0.556. The summed E-state index contributed by atoms with van der Waals surface area (Å²) in [5, 5.41) is 14.8. The van der Waals surface area contributed by atoms with Crippen molar-refractivity contribution in [1.29, 1.82) is 0 Å². The molecule has 8 heteroatoms. The van der Waals surface area contributed by atoms with Crippen molar-refractivity contribution in [1.82, 2.24) is 4.90 Å². The molecule has 1 aromatic carbocycles. The van der Waals surface area contributed by atoms with Crippen molar-refractivity contribution in [3.05, 3.63) is 27.7 Å². The predicted molar refractivity (Wildman–Crippen MR) is 101 cm³/mol. The average Bonchev–Trinajstić information content (AvgIpc) is 2.49. The monoisotopic (exact) mass is 431 g/mol. The Hall–Kier alpha value is -1.64. The van der Waals surface area contributed by atoms with Gasteiger partial charge in [-0.25, -0.2) is 9.59 Å². The maximum absolute atomic E-state index is 9.10. The molecule has 2 unspecified atom stereocenters. The molecule has 0 bridgehead atoms. The molecule has 146 valence electrons. The van der Waals surface area contributed by atoms with Gasteiger partial charge < -0.3 is 19.7 Å². The normalized spacial score (nSPS) is 20.0. The molecular formula is C18H26BrNO6. The number of morpholine rings is 1. The molecule has 1 heterocycles. The van der Waals surface area contributed by atoms with E-state index in [0.717, 1.165) is 29.9 Å². The van der Waals surface area contributed by atoms with Crippen LogP contribution >= 0.6 is 15.9 Å². The van der Waals surface area contributed by atoms with Crippen molar-refractivity contribution in [2.75, 3.05) is 26.2 Å². The number of nitrogens with zero attached hydrogens (tertiary/aromatic N) is 1. The number of hydrogen-bond acceptors (Lipinski definition) is 5. The second-order valence-corrected chi connectivity index (χ2v) is 7.22. The van der Waals surface area contributed by atoms with Gasteiger partial charge in [-0.05, 0) is 60.8 Å². The van der Waals surface area contributed by atoms with Crippen molar-refractivity contribution in [2.24, 2.45) is 0 Å². The Morgan fingerprint density at radius 3 is 2.19 bits per heavy atom.